The number of nitrogens with zero attached hydrogens (tertiary/aromatic N) is 3. The van der Waals surface area contributed by atoms with Crippen LogP contribution in [0.25, 0.3) is 11.3 Å². The fourth-order valence-electron chi connectivity index (χ4n) is 2.39. The van der Waals surface area contributed by atoms with Crippen molar-refractivity contribution in [3.63, 3.8) is 0 Å². The molecule has 0 saturated heterocycles. The minimum Gasteiger partial charge on any atom is -0.417 e. The zero-order valence-electron chi connectivity index (χ0n) is 13.7. The molecule has 0 aliphatic rings. The smallest absolute Gasteiger partial charge is 0.388 e. The number of hydrogen-bond donors (Lipinski definition) is 0. The molecule has 2 aromatic heterocycles. The van der Waals surface area contributed by atoms with E-state index in [0.29, 0.717) is 16.8 Å². The highest BCUT2D eigenvalue weighted by atomic mass is 19.3. The van der Waals surface area contributed by atoms with Gasteiger partial charge in [-0.25, -0.2) is 14.1 Å². The van der Waals surface area contributed by atoms with Crippen LogP contribution in [-0.2, 0) is 6.54 Å². The van der Waals surface area contributed by atoms with E-state index in [4.69, 9.17) is 0 Å². The summed E-state index contributed by atoms with van der Waals surface area (Å²) < 4.78 is 43.1. The lowest BCUT2D eigenvalue weighted by Crippen LogP contribution is -2.22. The van der Waals surface area contributed by atoms with Gasteiger partial charge < -0.3 is 4.74 Å². The first kappa shape index (κ1) is 17.7. The average Bonchev–Trinajstić information content (AvgIpc) is 2.60. The second-order valence-electron chi connectivity index (χ2n) is 5.56. The molecule has 134 valence electrons. The molecule has 0 aliphatic carbocycles. The quantitative estimate of drug-likeness (QED) is 0.699. The summed E-state index contributed by atoms with van der Waals surface area (Å²) in [6, 6.07) is 10.2. The van der Waals surface area contributed by atoms with E-state index in [-0.39, 0.29) is 23.8 Å². The van der Waals surface area contributed by atoms with E-state index in [2.05, 4.69) is 14.8 Å². The third-order valence-corrected chi connectivity index (χ3v) is 3.66. The molecule has 1 aromatic carbocycles. The zero-order chi connectivity index (χ0) is 18.7. The Morgan fingerprint density at radius 3 is 2.62 bits per heavy atom. The van der Waals surface area contributed by atoms with E-state index in [1.165, 1.54) is 41.2 Å². The molecule has 3 aromatic rings. The van der Waals surface area contributed by atoms with Crippen LogP contribution in [0, 0.1) is 12.7 Å². The molecule has 3 rings (SSSR count). The van der Waals surface area contributed by atoms with Crippen LogP contribution in [0.3, 0.4) is 0 Å². The number of aryl methyl sites for hydroxylation is 1. The Labute approximate surface area is 146 Å². The fourth-order valence-corrected chi connectivity index (χ4v) is 2.39. The minimum absolute atomic E-state index is 0.174. The molecular weight excluding hydrogens is 347 g/mol. The van der Waals surface area contributed by atoms with E-state index in [1.807, 2.05) is 0 Å². The molecule has 2 heterocycles. The molecule has 0 spiro atoms. The monoisotopic (exact) mass is 361 g/mol. The van der Waals surface area contributed by atoms with Crippen LogP contribution in [0.2, 0.25) is 0 Å². The number of rotatable bonds is 5. The molecule has 0 bridgehead atoms. The van der Waals surface area contributed by atoms with Crippen LogP contribution in [0.4, 0.5) is 13.2 Å². The van der Waals surface area contributed by atoms with Gasteiger partial charge in [-0.2, -0.15) is 13.9 Å². The minimum atomic E-state index is -2.95. The van der Waals surface area contributed by atoms with Gasteiger partial charge in [-0.15, -0.1) is 0 Å². The average molecular weight is 361 g/mol. The number of halogens is 3. The van der Waals surface area contributed by atoms with Gasteiger partial charge in [0.2, 0.25) is 5.88 Å². The lowest BCUT2D eigenvalue weighted by molar-refractivity contribution is -0.0528. The van der Waals surface area contributed by atoms with Crippen molar-refractivity contribution in [2.75, 3.05) is 0 Å². The van der Waals surface area contributed by atoms with Gasteiger partial charge in [-0.05, 0) is 36.2 Å². The topological polar surface area (TPSA) is 57.0 Å². The largest absolute Gasteiger partial charge is 0.417 e. The zero-order valence-corrected chi connectivity index (χ0v) is 13.7. The van der Waals surface area contributed by atoms with E-state index in [1.54, 1.807) is 19.1 Å². The Kier molecular flexibility index (Phi) is 5.01. The van der Waals surface area contributed by atoms with Crippen molar-refractivity contribution in [3.8, 4) is 17.1 Å². The van der Waals surface area contributed by atoms with Crippen LogP contribution >= 0.6 is 0 Å². The molecule has 0 aliphatic heterocycles. The Bertz CT molecular complexity index is 972. The summed E-state index contributed by atoms with van der Waals surface area (Å²) >= 11 is 0. The standard InChI is InChI=1S/C18H14F3N3O2/c1-11-8-12(2-4-14(11)19)10-24-17(25)7-5-15(23-24)13-3-6-16(22-9-13)26-18(20)21/h2-9,18H,10H2,1H3. The molecule has 0 fully saturated rings. The molecule has 0 radical (unpaired) electrons. The van der Waals surface area contributed by atoms with E-state index in [9.17, 15) is 18.0 Å². The van der Waals surface area contributed by atoms with Gasteiger partial charge in [-0.3, -0.25) is 4.79 Å². The van der Waals surface area contributed by atoms with E-state index in [0.717, 1.165) is 5.56 Å². The van der Waals surface area contributed by atoms with Crippen molar-refractivity contribution in [1.82, 2.24) is 14.8 Å². The first-order chi connectivity index (χ1) is 12.4. The van der Waals surface area contributed by atoms with Crippen molar-refractivity contribution < 1.29 is 17.9 Å². The van der Waals surface area contributed by atoms with Gasteiger partial charge in [0.05, 0.1) is 12.2 Å². The highest BCUT2D eigenvalue weighted by Gasteiger charge is 2.08. The van der Waals surface area contributed by atoms with Crippen molar-refractivity contribution in [1.29, 1.82) is 0 Å². The maximum atomic E-state index is 13.4. The van der Waals surface area contributed by atoms with E-state index >= 15 is 0 Å². The van der Waals surface area contributed by atoms with Crippen LogP contribution in [0.1, 0.15) is 11.1 Å². The Morgan fingerprint density at radius 1 is 1.15 bits per heavy atom. The highest BCUT2D eigenvalue weighted by Crippen LogP contribution is 2.18. The molecule has 0 atom stereocenters. The Balaban J connectivity index is 1.87. The summed E-state index contributed by atoms with van der Waals surface area (Å²) in [6.07, 6.45) is 1.33. The van der Waals surface area contributed by atoms with E-state index < -0.39 is 6.61 Å². The predicted molar refractivity (Wildman–Crippen MR) is 88.6 cm³/mol. The predicted octanol–water partition coefficient (Wildman–Crippen LogP) is 3.40. The maximum absolute atomic E-state index is 13.4. The lowest BCUT2D eigenvalue weighted by Gasteiger charge is -2.09. The van der Waals surface area contributed by atoms with Gasteiger partial charge in [0, 0.05) is 23.9 Å². The fraction of sp³-hybridized carbons (Fsp3) is 0.167. The van der Waals surface area contributed by atoms with Gasteiger partial charge in [-0.1, -0.05) is 12.1 Å². The third-order valence-electron chi connectivity index (χ3n) is 3.66. The summed E-state index contributed by atoms with van der Waals surface area (Å²) in [6.45, 7) is -1.14. The number of pyridine rings is 1. The van der Waals surface area contributed by atoms with Gasteiger partial charge >= 0.3 is 6.61 Å². The summed E-state index contributed by atoms with van der Waals surface area (Å²) in [5, 5.41) is 4.26. The second-order valence-corrected chi connectivity index (χ2v) is 5.56. The number of hydrogen-bond acceptors (Lipinski definition) is 4. The summed E-state index contributed by atoms with van der Waals surface area (Å²) in [4.78, 5) is 15.8. The second kappa shape index (κ2) is 7.38. The number of ether oxygens (including phenoxy) is 1. The molecule has 0 unspecified atom stereocenters. The molecule has 5 nitrogen and oxygen atoms in total. The van der Waals surface area contributed by atoms with Crippen molar-refractivity contribution in [2.24, 2.45) is 0 Å². The number of aromatic nitrogens is 3. The van der Waals surface area contributed by atoms with Crippen LogP contribution < -0.4 is 10.3 Å². The number of alkyl halides is 2. The SMILES string of the molecule is Cc1cc(Cn2nc(-c3ccc(OC(F)F)nc3)ccc2=O)ccc1F. The Hall–Kier alpha value is -3.16. The molecule has 0 saturated carbocycles. The maximum Gasteiger partial charge on any atom is 0.388 e. The summed E-state index contributed by atoms with van der Waals surface area (Å²) in [7, 11) is 0. The third kappa shape index (κ3) is 4.08. The van der Waals surface area contributed by atoms with Crippen molar-refractivity contribution in [2.45, 2.75) is 20.1 Å². The van der Waals surface area contributed by atoms with Gasteiger partial charge in [0.15, 0.2) is 0 Å². The summed E-state index contributed by atoms with van der Waals surface area (Å²) in [5.74, 6) is -0.529. The first-order valence-corrected chi connectivity index (χ1v) is 7.67. The first-order valence-electron chi connectivity index (χ1n) is 7.67. The van der Waals surface area contributed by atoms with Crippen LogP contribution in [0.5, 0.6) is 5.88 Å². The molecule has 0 N–H and O–H groups in total. The molecule has 0 amide bonds. The number of benzene rings is 1. The lowest BCUT2D eigenvalue weighted by atomic mass is 10.1. The van der Waals surface area contributed by atoms with Crippen molar-refractivity contribution in [3.05, 3.63) is 76.0 Å². The van der Waals surface area contributed by atoms with Crippen LogP contribution in [0.15, 0.2) is 53.5 Å². The summed E-state index contributed by atoms with van der Waals surface area (Å²) in [5.41, 5.74) is 1.87. The van der Waals surface area contributed by atoms with Crippen LogP contribution in [-0.4, -0.2) is 21.4 Å². The van der Waals surface area contributed by atoms with Gasteiger partial charge in [0.25, 0.3) is 5.56 Å². The highest BCUT2D eigenvalue weighted by molar-refractivity contribution is 5.57. The van der Waals surface area contributed by atoms with Crippen molar-refractivity contribution >= 4 is 0 Å². The molecular formula is C18H14F3N3O2. The molecule has 26 heavy (non-hydrogen) atoms. The molecule has 8 heteroatoms. The Morgan fingerprint density at radius 2 is 1.96 bits per heavy atom. The van der Waals surface area contributed by atoms with Gasteiger partial charge in [0.1, 0.15) is 5.82 Å². The normalized spacial score (nSPS) is 11.0.